The van der Waals surface area contributed by atoms with Crippen LogP contribution in [0.2, 0.25) is 0 Å². The maximum atomic E-state index is 11.1. The van der Waals surface area contributed by atoms with Gasteiger partial charge in [0.15, 0.2) is 0 Å². The third kappa shape index (κ3) is 1.40. The van der Waals surface area contributed by atoms with Crippen molar-refractivity contribution in [2.75, 3.05) is 0 Å². The van der Waals surface area contributed by atoms with Gasteiger partial charge in [-0.3, -0.25) is 4.79 Å². The van der Waals surface area contributed by atoms with Crippen molar-refractivity contribution in [1.29, 1.82) is 0 Å². The van der Waals surface area contributed by atoms with Gasteiger partial charge in [0.05, 0.1) is 12.1 Å². The van der Waals surface area contributed by atoms with Crippen LogP contribution in [-0.4, -0.2) is 27.1 Å². The van der Waals surface area contributed by atoms with Gasteiger partial charge in [-0.15, -0.1) is 0 Å². The van der Waals surface area contributed by atoms with E-state index in [9.17, 15) is 9.90 Å². The Balaban J connectivity index is 2.10. The first-order valence-electron chi connectivity index (χ1n) is 4.32. The molecule has 0 radical (unpaired) electrons. The van der Waals surface area contributed by atoms with Crippen LogP contribution in [0.15, 0.2) is 0 Å². The van der Waals surface area contributed by atoms with Gasteiger partial charge in [0, 0.05) is 28.6 Å². The average Bonchev–Trinajstić information content (AvgIpc) is 2.04. The lowest BCUT2D eigenvalue weighted by Gasteiger charge is -2.44. The molecule has 2 bridgehead atoms. The Morgan fingerprint density at radius 2 is 2.25 bits per heavy atom. The van der Waals surface area contributed by atoms with Crippen LogP contribution in [0.1, 0.15) is 19.3 Å². The lowest BCUT2D eigenvalue weighted by atomic mass is 9.75. The van der Waals surface area contributed by atoms with Crippen molar-refractivity contribution in [3.63, 3.8) is 0 Å². The van der Waals surface area contributed by atoms with E-state index in [0.29, 0.717) is 5.92 Å². The van der Waals surface area contributed by atoms with Gasteiger partial charge in [0.1, 0.15) is 0 Å². The largest absolute Gasteiger partial charge is 0.391 e. The monoisotopic (exact) mass is 281 g/mol. The number of fused-ring (bicyclic) bond motifs is 3. The quantitative estimate of drug-likeness (QED) is 0.542. The second-order valence-corrected chi connectivity index (χ2v) is 4.76. The minimum absolute atomic E-state index is 0.00718. The Hall–Kier alpha value is 0.320. The molecule has 1 saturated carbocycles. The first kappa shape index (κ1) is 8.90. The van der Waals surface area contributed by atoms with E-state index in [1.807, 2.05) is 22.6 Å². The van der Waals surface area contributed by atoms with Crippen LogP contribution >= 0.6 is 22.6 Å². The number of halogens is 1. The first-order chi connectivity index (χ1) is 5.68. The highest BCUT2D eigenvalue weighted by Crippen LogP contribution is 2.34. The highest BCUT2D eigenvalue weighted by atomic mass is 127. The van der Waals surface area contributed by atoms with Gasteiger partial charge in [-0.2, -0.15) is 0 Å². The normalized spacial score (nSPS) is 46.2. The molecule has 2 aliphatic heterocycles. The summed E-state index contributed by atoms with van der Waals surface area (Å²) in [7, 11) is 0. The summed E-state index contributed by atoms with van der Waals surface area (Å²) in [5.74, 6) is 0.370. The van der Waals surface area contributed by atoms with Gasteiger partial charge in [-0.25, -0.2) is 0 Å². The molecule has 12 heavy (non-hydrogen) atoms. The van der Waals surface area contributed by atoms with Crippen molar-refractivity contribution in [3.05, 3.63) is 0 Å². The van der Waals surface area contributed by atoms with E-state index in [0.717, 1.165) is 19.3 Å². The summed E-state index contributed by atoms with van der Waals surface area (Å²) in [6, 6.07) is 0.173. The number of carbonyl (C=O) groups is 1. The second kappa shape index (κ2) is 3.23. The van der Waals surface area contributed by atoms with Gasteiger partial charge >= 0.3 is 0 Å². The van der Waals surface area contributed by atoms with Crippen LogP contribution < -0.4 is 5.32 Å². The Bertz CT molecular complexity index is 209. The Kier molecular flexibility index (Phi) is 2.39. The molecule has 4 atom stereocenters. The molecule has 0 amide bonds. The maximum Gasteiger partial charge on any atom is 0.209 e. The molecule has 0 aromatic rings. The number of nitrogens with one attached hydrogen (secondary N) is 1. The van der Waals surface area contributed by atoms with E-state index in [1.165, 1.54) is 0 Å². The molecule has 1 aliphatic carbocycles. The zero-order valence-corrected chi connectivity index (χ0v) is 8.82. The molecule has 0 spiro atoms. The first-order valence-corrected chi connectivity index (χ1v) is 5.40. The van der Waals surface area contributed by atoms with Gasteiger partial charge in [-0.1, -0.05) is 0 Å². The summed E-state index contributed by atoms with van der Waals surface area (Å²) in [6.07, 6.45) is 2.69. The van der Waals surface area contributed by atoms with E-state index in [-0.39, 0.29) is 22.0 Å². The fourth-order valence-corrected chi connectivity index (χ4v) is 2.98. The van der Waals surface area contributed by atoms with Crippen LogP contribution in [0.3, 0.4) is 0 Å². The van der Waals surface area contributed by atoms with Crippen LogP contribution in [0.4, 0.5) is 0 Å². The van der Waals surface area contributed by atoms with Gasteiger partial charge in [-0.05, 0) is 25.2 Å². The summed E-state index contributed by atoms with van der Waals surface area (Å²) >= 11 is 1.84. The highest BCUT2D eigenvalue weighted by molar-refractivity contribution is 14.1. The molecule has 3 fully saturated rings. The lowest BCUT2D eigenvalue weighted by Crippen LogP contribution is -2.60. The van der Waals surface area contributed by atoms with Gasteiger partial charge < -0.3 is 10.4 Å². The Labute approximate surface area is 85.0 Å². The minimum atomic E-state index is -0.226. The molecule has 3 nitrogen and oxygen atoms in total. The Morgan fingerprint density at radius 1 is 1.50 bits per heavy atom. The van der Waals surface area contributed by atoms with Gasteiger partial charge in [0.25, 0.3) is 0 Å². The van der Waals surface area contributed by atoms with Crippen molar-refractivity contribution in [3.8, 4) is 0 Å². The number of rotatable bonds is 1. The number of hydrogen-bond acceptors (Lipinski definition) is 3. The topological polar surface area (TPSA) is 49.3 Å². The van der Waals surface area contributed by atoms with E-state index in [1.54, 1.807) is 0 Å². The molecule has 4 heteroatoms. The van der Waals surface area contributed by atoms with Crippen molar-refractivity contribution in [1.82, 2.24) is 5.32 Å². The third-order valence-electron chi connectivity index (χ3n) is 2.97. The second-order valence-electron chi connectivity index (χ2n) is 3.70. The summed E-state index contributed by atoms with van der Waals surface area (Å²) in [6.45, 7) is 0. The molecular weight excluding hydrogens is 269 g/mol. The smallest absolute Gasteiger partial charge is 0.209 e. The van der Waals surface area contributed by atoms with Crippen molar-refractivity contribution in [2.45, 2.75) is 37.5 Å². The van der Waals surface area contributed by atoms with Crippen LogP contribution in [0.25, 0.3) is 0 Å². The molecule has 0 aromatic carbocycles. The fourth-order valence-electron chi connectivity index (χ4n) is 2.29. The summed E-state index contributed by atoms with van der Waals surface area (Å²) in [4.78, 5) is 11.1. The SMILES string of the molecule is O=C(I)[C@H]1N[C@H]2CC[C@@H]1C[C@@H]2O. The predicted molar refractivity (Wildman–Crippen MR) is 53.1 cm³/mol. The van der Waals surface area contributed by atoms with E-state index >= 15 is 0 Å². The highest BCUT2D eigenvalue weighted by Gasteiger charge is 2.42. The molecule has 68 valence electrons. The van der Waals surface area contributed by atoms with Crippen molar-refractivity contribution < 1.29 is 9.90 Å². The zero-order valence-electron chi connectivity index (χ0n) is 6.66. The van der Waals surface area contributed by atoms with E-state index in [2.05, 4.69) is 5.32 Å². The maximum absolute atomic E-state index is 11.1. The third-order valence-corrected chi connectivity index (χ3v) is 3.64. The molecule has 0 aromatic heterocycles. The molecule has 0 unspecified atom stereocenters. The molecule has 2 heterocycles. The number of piperidine rings is 2. The zero-order chi connectivity index (χ0) is 8.72. The van der Waals surface area contributed by atoms with Crippen molar-refractivity contribution >= 4 is 26.4 Å². The van der Waals surface area contributed by atoms with E-state index < -0.39 is 0 Å². The lowest BCUT2D eigenvalue weighted by molar-refractivity contribution is -0.116. The number of aliphatic hydroxyl groups is 1. The van der Waals surface area contributed by atoms with Crippen LogP contribution in [-0.2, 0) is 4.79 Å². The molecule has 2 N–H and O–H groups in total. The molecule has 3 rings (SSSR count). The van der Waals surface area contributed by atoms with Crippen LogP contribution in [0, 0.1) is 5.92 Å². The Morgan fingerprint density at radius 3 is 2.67 bits per heavy atom. The van der Waals surface area contributed by atoms with Crippen LogP contribution in [0.5, 0.6) is 0 Å². The fraction of sp³-hybridized carbons (Fsp3) is 0.875. The average molecular weight is 281 g/mol. The molecule has 2 saturated heterocycles. The van der Waals surface area contributed by atoms with E-state index in [4.69, 9.17) is 0 Å². The summed E-state index contributed by atoms with van der Waals surface area (Å²) in [5.41, 5.74) is 0. The number of hydrogen-bond donors (Lipinski definition) is 2. The summed E-state index contributed by atoms with van der Waals surface area (Å²) < 4.78 is 0.189. The summed E-state index contributed by atoms with van der Waals surface area (Å²) in [5, 5.41) is 12.7. The molecular formula is C8H12INO2. The predicted octanol–water partition coefficient (Wildman–Crippen LogP) is 0.449. The molecule has 3 aliphatic rings. The number of carbonyl (C=O) groups excluding carboxylic acids is 1. The minimum Gasteiger partial charge on any atom is -0.391 e. The number of aliphatic hydroxyl groups excluding tert-OH is 1. The van der Waals surface area contributed by atoms with Gasteiger partial charge in [0.2, 0.25) is 3.79 Å². The standard InChI is InChI=1S/C8H12INO2/c9-8(12)7-4-1-2-5(10-7)6(11)3-4/h4-7,10-11H,1-3H2/t4-,5+,6+,7+/m1/s1. The van der Waals surface area contributed by atoms with Crippen molar-refractivity contribution in [2.24, 2.45) is 5.92 Å².